The van der Waals surface area contributed by atoms with E-state index in [4.69, 9.17) is 18.9 Å². The maximum absolute atomic E-state index is 13.1. The van der Waals surface area contributed by atoms with Crippen LogP contribution in [0.3, 0.4) is 0 Å². The predicted molar refractivity (Wildman–Crippen MR) is 474 cm³/mol. The first kappa shape index (κ1) is 93.5. The van der Waals surface area contributed by atoms with E-state index in [1.807, 2.05) is 44.0 Å². The Morgan fingerprint density at radius 1 is 0.400 bits per heavy atom. The standard InChI is InChI=1S/C24H21F3N4O5.C24H23F3N4O3.C24H26F2N4O3.C22H19F3N4O3/c25-24(26,27)15-4-1-3-14(11-15)19(32)29-21-28-17-12-16(30-9-2-10-36-22(30)35)5-6-18(17)31(21)13-23(7-8-23)20(33)34;25-24(26,27)16-6-3-5-15(13-16)21(32)29-22-28-19-14-18(30-11-4-12-34-23(30)33)9-10-20(19)31(22)17-7-1-2-8-17;1-24(2,3)14-30-19-9-8-17(29-10-5-11-33-23(29)32)13-18(19)27-22(30)28-21(31)16-7-4-6-15(12-16)20(25)26;23-22(24,25)14-4-1-3-13(11-14)19(30)27-20-26-17-12-16(28-9-2-10-32-21(28)31)7-8-18(17)29(20)15-5-6-15/h1,3-6,11-12H,2,7-10,13H2,(H,33,34)(H,28,29,32);3,5-6,9-10,13-14,17H,1-2,4,7-8,11-12H2,(H,28,29,32);4,6-9,12-13,20H,5,10-11,14H2,1-3H3,(H,27,28,31);1,3-4,7-8,11-12,15H,2,5-6,9-10H2,(H,26,27,30). The van der Waals surface area contributed by atoms with Gasteiger partial charge in [0.05, 0.1) is 92.7 Å². The number of cyclic esters (lactones) is 4. The molecular weight excluding hydrogens is 1790 g/mol. The number of ether oxygens (including phenoxy) is 4. The third kappa shape index (κ3) is 21.2. The van der Waals surface area contributed by atoms with Crippen molar-refractivity contribution < 1.29 is 115 Å². The van der Waals surface area contributed by atoms with Crippen LogP contribution < -0.4 is 40.9 Å². The Morgan fingerprint density at radius 2 is 0.711 bits per heavy atom. The summed E-state index contributed by atoms with van der Waals surface area (Å²) in [4.78, 5) is 136. The van der Waals surface area contributed by atoms with Gasteiger partial charge in [0.15, 0.2) is 0 Å². The van der Waals surface area contributed by atoms with Gasteiger partial charge in [-0.1, -0.05) is 63.9 Å². The highest BCUT2D eigenvalue weighted by molar-refractivity contribution is 6.08. The number of amides is 8. The van der Waals surface area contributed by atoms with Gasteiger partial charge >= 0.3 is 48.9 Å². The number of carbonyl (C=O) groups excluding carboxylic acids is 8. The summed E-state index contributed by atoms with van der Waals surface area (Å²) in [6, 6.07) is 39.5. The van der Waals surface area contributed by atoms with E-state index in [1.54, 1.807) is 56.8 Å². The van der Waals surface area contributed by atoms with Gasteiger partial charge in [-0.2, -0.15) is 39.5 Å². The highest BCUT2D eigenvalue weighted by atomic mass is 19.4. The van der Waals surface area contributed by atoms with Crippen molar-refractivity contribution in [1.82, 2.24) is 38.2 Å². The quantitative estimate of drug-likeness (QED) is 0.0371. The lowest BCUT2D eigenvalue weighted by atomic mass is 9.97. The molecule has 19 rings (SSSR count). The van der Waals surface area contributed by atoms with E-state index in [0.717, 1.165) is 117 Å². The molecule has 7 fully saturated rings. The minimum Gasteiger partial charge on any atom is -0.481 e. The van der Waals surface area contributed by atoms with Crippen LogP contribution in [-0.4, -0.2) is 150 Å². The predicted octanol–water partition coefficient (Wildman–Crippen LogP) is 20.9. The number of benzene rings is 8. The summed E-state index contributed by atoms with van der Waals surface area (Å²) in [6.07, 6.45) is -8.63. The molecule has 0 spiro atoms. The first-order valence-electron chi connectivity index (χ1n) is 43.5. The number of carboxylic acids is 1. The van der Waals surface area contributed by atoms with Gasteiger partial charge in [-0.3, -0.25) is 64.8 Å². The van der Waals surface area contributed by atoms with E-state index in [-0.39, 0.29) is 69.7 Å². The molecule has 4 aromatic heterocycles. The second-order valence-electron chi connectivity index (χ2n) is 34.6. The molecule has 706 valence electrons. The zero-order valence-electron chi connectivity index (χ0n) is 72.7. The summed E-state index contributed by atoms with van der Waals surface area (Å²) < 4.78 is 171. The first-order chi connectivity index (χ1) is 64.3. The molecule has 3 saturated carbocycles. The van der Waals surface area contributed by atoms with E-state index in [2.05, 4.69) is 62.0 Å². The Labute approximate surface area is 761 Å². The zero-order valence-corrected chi connectivity index (χ0v) is 72.7. The van der Waals surface area contributed by atoms with Crippen LogP contribution in [0.2, 0.25) is 0 Å². The average molecular weight is 1880 g/mol. The number of carboxylic acid groups (broad SMARTS) is 1. The fourth-order valence-corrected chi connectivity index (χ4v) is 16.5. The molecule has 8 amide bonds. The van der Waals surface area contributed by atoms with Crippen LogP contribution in [0.25, 0.3) is 44.1 Å². The number of rotatable bonds is 19. The summed E-state index contributed by atoms with van der Waals surface area (Å²) >= 11 is 0. The Hall–Kier alpha value is -14.7. The smallest absolute Gasteiger partial charge is 0.416 e. The third-order valence-corrected chi connectivity index (χ3v) is 23.6. The maximum atomic E-state index is 13.1. The second kappa shape index (κ2) is 38.1. The molecule has 4 saturated heterocycles. The van der Waals surface area contributed by atoms with Crippen molar-refractivity contribution in [2.24, 2.45) is 10.8 Å². The molecule has 0 unspecified atom stereocenters. The number of nitrogens with zero attached hydrogens (tertiary/aromatic N) is 12. The van der Waals surface area contributed by atoms with E-state index >= 15 is 0 Å². The van der Waals surface area contributed by atoms with E-state index in [1.165, 1.54) is 64.4 Å². The highest BCUT2D eigenvalue weighted by Gasteiger charge is 2.51. The average Bonchev–Trinajstić information content (AvgIpc) is 1.62. The number of carbonyl (C=O) groups is 9. The van der Waals surface area contributed by atoms with E-state index < -0.39 is 101 Å². The van der Waals surface area contributed by atoms with E-state index in [9.17, 15) is 96.6 Å². The molecule has 135 heavy (non-hydrogen) atoms. The fourth-order valence-electron chi connectivity index (χ4n) is 16.5. The van der Waals surface area contributed by atoms with Gasteiger partial charge in [-0.15, -0.1) is 0 Å². The number of aliphatic carboxylic acids is 1. The monoisotopic (exact) mass is 1870 g/mol. The Balaban J connectivity index is 0.000000131. The number of anilines is 8. The zero-order chi connectivity index (χ0) is 95.7. The van der Waals surface area contributed by atoms with Gasteiger partial charge in [0.1, 0.15) is 0 Å². The molecule has 3 aliphatic carbocycles. The largest absolute Gasteiger partial charge is 0.481 e. The van der Waals surface area contributed by atoms with Gasteiger partial charge in [0.25, 0.3) is 30.1 Å². The minimum absolute atomic E-state index is 0.00157. The van der Waals surface area contributed by atoms with Gasteiger partial charge in [0, 0.05) is 102 Å². The van der Waals surface area contributed by atoms with Crippen LogP contribution in [0.1, 0.15) is 180 Å². The van der Waals surface area contributed by atoms with Crippen molar-refractivity contribution >= 4 is 145 Å². The second-order valence-corrected chi connectivity index (χ2v) is 34.6. The summed E-state index contributed by atoms with van der Waals surface area (Å²) in [5.74, 6) is -2.81. The summed E-state index contributed by atoms with van der Waals surface area (Å²) in [5.41, 5.74) is 3.07. The summed E-state index contributed by atoms with van der Waals surface area (Å²) in [5, 5.41) is 20.4. The van der Waals surface area contributed by atoms with Crippen molar-refractivity contribution in [3.63, 3.8) is 0 Å². The molecular formula is C94H89F11N16O14. The number of aromatic nitrogens is 8. The normalized spacial score (nSPS) is 16.5. The lowest BCUT2D eigenvalue weighted by molar-refractivity contribution is -0.144. The molecule has 0 radical (unpaired) electrons. The van der Waals surface area contributed by atoms with Crippen molar-refractivity contribution in [2.45, 2.75) is 148 Å². The number of halogens is 11. The summed E-state index contributed by atoms with van der Waals surface area (Å²) in [7, 11) is 0. The SMILES string of the molecule is CC(C)(C)Cn1c(NC(=O)c2cccc(C(F)F)c2)nc2cc(N3CCCOC3=O)ccc21.O=C(Nc1nc2cc(N3CCCOC3=O)ccc2n1C1CC1)c1cccc(C(F)(F)F)c1.O=C(Nc1nc2cc(N3CCCOC3=O)ccc2n1C1CCCC1)c1cccc(C(F)(F)F)c1.O=C(Nc1nc2cc(N3CCCOC3=O)ccc2n1CC1(C(=O)O)CC1)c1cccc(C(F)(F)F)c1. The molecule has 30 nitrogen and oxygen atoms in total. The van der Waals surface area contributed by atoms with Crippen LogP contribution in [0.15, 0.2) is 170 Å². The Kier molecular flexibility index (Phi) is 26.4. The van der Waals surface area contributed by atoms with Crippen LogP contribution >= 0.6 is 0 Å². The lowest BCUT2D eigenvalue weighted by Crippen LogP contribution is -2.37. The van der Waals surface area contributed by atoms with Gasteiger partial charge in [-0.25, -0.2) is 47.9 Å². The van der Waals surface area contributed by atoms with Gasteiger partial charge in [0.2, 0.25) is 23.8 Å². The minimum atomic E-state index is -4.62. The number of imidazole rings is 4. The third-order valence-electron chi connectivity index (χ3n) is 23.6. The molecule has 41 heteroatoms. The number of alkyl halides is 11. The molecule has 4 aliphatic heterocycles. The molecule has 5 N–H and O–H groups in total. The highest BCUT2D eigenvalue weighted by Crippen LogP contribution is 2.49. The van der Waals surface area contributed by atoms with Crippen molar-refractivity contribution in [1.29, 1.82) is 0 Å². The first-order valence-corrected chi connectivity index (χ1v) is 43.5. The number of fused-ring (bicyclic) bond motifs is 4. The number of hydrogen-bond donors (Lipinski definition) is 5. The lowest BCUT2D eigenvalue weighted by Gasteiger charge is -2.26. The molecule has 7 aliphatic rings. The van der Waals surface area contributed by atoms with Crippen LogP contribution in [0.4, 0.5) is 114 Å². The molecule has 0 bridgehead atoms. The number of nitrogens with one attached hydrogen (secondary N) is 4. The van der Waals surface area contributed by atoms with Crippen LogP contribution in [-0.2, 0) is 55.4 Å². The summed E-state index contributed by atoms with van der Waals surface area (Å²) in [6.45, 7) is 10.3. The molecule has 8 heterocycles. The fraction of sp³-hybridized carbons (Fsp3) is 0.351. The maximum Gasteiger partial charge on any atom is 0.416 e. The molecule has 8 aromatic carbocycles. The van der Waals surface area contributed by atoms with Gasteiger partial charge < -0.3 is 42.3 Å². The van der Waals surface area contributed by atoms with Crippen LogP contribution in [0, 0.1) is 10.8 Å². The van der Waals surface area contributed by atoms with Crippen molar-refractivity contribution in [2.75, 3.05) is 93.5 Å². The van der Waals surface area contributed by atoms with Crippen molar-refractivity contribution in [3.8, 4) is 0 Å². The van der Waals surface area contributed by atoms with Crippen molar-refractivity contribution in [3.05, 3.63) is 214 Å². The number of hydrogen-bond acceptors (Lipinski definition) is 17. The van der Waals surface area contributed by atoms with Crippen LogP contribution in [0.5, 0.6) is 0 Å². The topological polar surface area (TPSA) is 343 Å². The van der Waals surface area contributed by atoms with Gasteiger partial charge in [-0.05, 0) is 209 Å². The molecule has 12 aromatic rings. The molecule has 0 atom stereocenters. The Bertz CT molecular complexity index is 6600. The van der Waals surface area contributed by atoms with E-state index in [0.29, 0.717) is 135 Å². The Morgan fingerprint density at radius 3 is 1.04 bits per heavy atom.